The lowest BCUT2D eigenvalue weighted by molar-refractivity contribution is 0.0779. The Labute approximate surface area is 156 Å². The molecule has 0 bridgehead atoms. The molecule has 2 aliphatic rings. The van der Waals surface area contributed by atoms with E-state index in [2.05, 4.69) is 0 Å². The van der Waals surface area contributed by atoms with E-state index >= 15 is 0 Å². The largest absolute Gasteiger partial charge is 0.338 e. The summed E-state index contributed by atoms with van der Waals surface area (Å²) in [5.41, 5.74) is 7.26. The minimum atomic E-state index is -3.59. The zero-order valence-electron chi connectivity index (χ0n) is 15.8. The van der Waals surface area contributed by atoms with Gasteiger partial charge >= 0.3 is 0 Å². The average Bonchev–Trinajstić information content (AvgIpc) is 3.18. The Hall–Kier alpha value is -1.44. The molecule has 2 N–H and O–H groups in total. The number of carbonyl (C=O) groups is 1. The molecular formula is C19H29N3O3S. The Morgan fingerprint density at radius 1 is 1.23 bits per heavy atom. The number of hydrogen-bond acceptors (Lipinski definition) is 4. The molecule has 1 amide bonds. The lowest BCUT2D eigenvalue weighted by Gasteiger charge is -2.22. The highest BCUT2D eigenvalue weighted by molar-refractivity contribution is 7.89. The molecule has 1 aromatic carbocycles. The van der Waals surface area contributed by atoms with Crippen LogP contribution in [0.3, 0.4) is 0 Å². The summed E-state index contributed by atoms with van der Waals surface area (Å²) in [5, 5.41) is 0. The van der Waals surface area contributed by atoms with E-state index in [0.29, 0.717) is 42.6 Å². The number of carbonyl (C=O) groups excluding carboxylic acids is 1. The molecule has 1 aliphatic heterocycles. The first-order valence-electron chi connectivity index (χ1n) is 9.45. The van der Waals surface area contributed by atoms with E-state index < -0.39 is 10.0 Å². The maximum Gasteiger partial charge on any atom is 0.253 e. The maximum absolute atomic E-state index is 13.0. The molecule has 3 unspecified atom stereocenters. The van der Waals surface area contributed by atoms with Gasteiger partial charge in [-0.2, -0.15) is 4.31 Å². The highest BCUT2D eigenvalue weighted by Crippen LogP contribution is 2.37. The quantitative estimate of drug-likeness (QED) is 0.846. The van der Waals surface area contributed by atoms with Crippen molar-refractivity contribution in [1.29, 1.82) is 0 Å². The van der Waals surface area contributed by atoms with Crippen molar-refractivity contribution in [2.75, 3.05) is 26.2 Å². The number of sulfonamides is 1. The molecule has 1 saturated heterocycles. The summed E-state index contributed by atoms with van der Waals surface area (Å²) in [6.45, 7) is 7.62. The van der Waals surface area contributed by atoms with Crippen molar-refractivity contribution >= 4 is 15.9 Å². The molecular weight excluding hydrogens is 350 g/mol. The maximum atomic E-state index is 13.0. The van der Waals surface area contributed by atoms with Crippen LogP contribution in [0.15, 0.2) is 23.1 Å². The molecule has 3 rings (SSSR count). The van der Waals surface area contributed by atoms with Crippen LogP contribution in [0.4, 0.5) is 0 Å². The number of fused-ring (bicyclic) bond motifs is 1. The fourth-order valence-electron chi connectivity index (χ4n) is 4.37. The summed E-state index contributed by atoms with van der Waals surface area (Å²) >= 11 is 0. The van der Waals surface area contributed by atoms with Gasteiger partial charge in [0.2, 0.25) is 10.0 Å². The summed E-state index contributed by atoms with van der Waals surface area (Å²) in [7, 11) is -3.59. The van der Waals surface area contributed by atoms with Crippen LogP contribution in [0, 0.1) is 18.8 Å². The molecule has 3 atom stereocenters. The normalized spacial score (nSPS) is 25.7. The molecule has 2 fully saturated rings. The number of aryl methyl sites for hydroxylation is 1. The zero-order valence-corrected chi connectivity index (χ0v) is 16.6. The summed E-state index contributed by atoms with van der Waals surface area (Å²) in [5.74, 6) is 0.768. The number of likely N-dealkylation sites (tertiary alicyclic amines) is 1. The monoisotopic (exact) mass is 379 g/mol. The van der Waals surface area contributed by atoms with Crippen LogP contribution in [0.25, 0.3) is 0 Å². The molecule has 1 aromatic rings. The third kappa shape index (κ3) is 3.28. The molecule has 1 heterocycles. The summed E-state index contributed by atoms with van der Waals surface area (Å²) in [6, 6.07) is 5.17. The Bertz CT molecular complexity index is 789. The molecule has 1 saturated carbocycles. The van der Waals surface area contributed by atoms with Crippen LogP contribution in [0.1, 0.15) is 42.6 Å². The molecule has 6 nitrogen and oxygen atoms in total. The van der Waals surface area contributed by atoms with E-state index in [1.165, 1.54) is 4.31 Å². The molecule has 0 aromatic heterocycles. The predicted molar refractivity (Wildman–Crippen MR) is 101 cm³/mol. The first-order valence-corrected chi connectivity index (χ1v) is 10.9. The Morgan fingerprint density at radius 2 is 1.92 bits per heavy atom. The molecule has 0 radical (unpaired) electrons. The van der Waals surface area contributed by atoms with Crippen molar-refractivity contribution in [2.24, 2.45) is 17.6 Å². The highest BCUT2D eigenvalue weighted by Gasteiger charge is 2.42. The van der Waals surface area contributed by atoms with Crippen LogP contribution in [0.2, 0.25) is 0 Å². The Balaban J connectivity index is 1.87. The van der Waals surface area contributed by atoms with E-state index in [4.69, 9.17) is 5.73 Å². The summed E-state index contributed by atoms with van der Waals surface area (Å²) < 4.78 is 27.2. The molecule has 1 aliphatic carbocycles. The van der Waals surface area contributed by atoms with Crippen molar-refractivity contribution in [2.45, 2.75) is 44.6 Å². The second kappa shape index (κ2) is 7.29. The first kappa shape index (κ1) is 19.3. The number of nitrogens with two attached hydrogens (primary N) is 1. The molecule has 144 valence electrons. The van der Waals surface area contributed by atoms with E-state index in [-0.39, 0.29) is 16.8 Å². The predicted octanol–water partition coefficient (Wildman–Crippen LogP) is 1.83. The topological polar surface area (TPSA) is 83.7 Å². The second-order valence-corrected chi connectivity index (χ2v) is 9.35. The fourth-order valence-corrected chi connectivity index (χ4v) is 6.08. The van der Waals surface area contributed by atoms with Crippen molar-refractivity contribution in [3.05, 3.63) is 29.3 Å². The Morgan fingerprint density at radius 3 is 2.54 bits per heavy atom. The van der Waals surface area contributed by atoms with Gasteiger partial charge in [-0.05, 0) is 49.3 Å². The van der Waals surface area contributed by atoms with Gasteiger partial charge in [-0.1, -0.05) is 19.9 Å². The van der Waals surface area contributed by atoms with Crippen molar-refractivity contribution in [1.82, 2.24) is 9.21 Å². The minimum absolute atomic E-state index is 0.0948. The lowest BCUT2D eigenvalue weighted by Crippen LogP contribution is -2.34. The average molecular weight is 380 g/mol. The van der Waals surface area contributed by atoms with Crippen molar-refractivity contribution in [3.8, 4) is 0 Å². The standard InChI is InChI=1S/C19H29N3O3S/c1-4-22(5-2)26(24,25)18-10-14(7-6-13(18)3)19(23)21-11-15-8-9-17(20)16(15)12-21/h6-7,10,15-17H,4-5,8-9,11-12,20H2,1-3H3. The number of rotatable bonds is 5. The van der Waals surface area contributed by atoms with Crippen LogP contribution in [-0.4, -0.2) is 55.8 Å². The van der Waals surface area contributed by atoms with E-state index in [1.807, 2.05) is 18.7 Å². The zero-order chi connectivity index (χ0) is 19.1. The van der Waals surface area contributed by atoms with Gasteiger partial charge in [0.05, 0.1) is 4.90 Å². The van der Waals surface area contributed by atoms with Crippen LogP contribution in [-0.2, 0) is 10.0 Å². The third-order valence-electron chi connectivity index (χ3n) is 5.96. The van der Waals surface area contributed by atoms with Crippen molar-refractivity contribution in [3.63, 3.8) is 0 Å². The van der Waals surface area contributed by atoms with Crippen LogP contribution < -0.4 is 5.73 Å². The third-order valence-corrected chi connectivity index (χ3v) is 8.15. The van der Waals surface area contributed by atoms with Gasteiger partial charge in [-0.3, -0.25) is 4.79 Å². The van der Waals surface area contributed by atoms with Gasteiger partial charge in [-0.25, -0.2) is 8.42 Å². The highest BCUT2D eigenvalue weighted by atomic mass is 32.2. The number of nitrogens with zero attached hydrogens (tertiary/aromatic N) is 2. The summed E-state index contributed by atoms with van der Waals surface area (Å²) in [4.78, 5) is 15.0. The Kier molecular flexibility index (Phi) is 5.42. The van der Waals surface area contributed by atoms with Gasteiger partial charge in [-0.15, -0.1) is 0 Å². The van der Waals surface area contributed by atoms with Crippen LogP contribution >= 0.6 is 0 Å². The smallest absolute Gasteiger partial charge is 0.253 e. The van der Waals surface area contributed by atoms with Gasteiger partial charge in [0.15, 0.2) is 0 Å². The number of hydrogen-bond donors (Lipinski definition) is 1. The number of benzene rings is 1. The van der Waals surface area contributed by atoms with Crippen molar-refractivity contribution < 1.29 is 13.2 Å². The van der Waals surface area contributed by atoms with Gasteiger partial charge in [0.1, 0.15) is 0 Å². The van der Waals surface area contributed by atoms with Gasteiger partial charge in [0.25, 0.3) is 5.91 Å². The van der Waals surface area contributed by atoms with E-state index in [9.17, 15) is 13.2 Å². The number of amides is 1. The molecule has 7 heteroatoms. The van der Waals surface area contributed by atoms with Gasteiger partial charge < -0.3 is 10.6 Å². The van der Waals surface area contributed by atoms with Crippen LogP contribution in [0.5, 0.6) is 0 Å². The molecule has 0 spiro atoms. The van der Waals surface area contributed by atoms with E-state index in [0.717, 1.165) is 19.4 Å². The SMILES string of the molecule is CCN(CC)S(=O)(=O)c1cc(C(=O)N2CC3CCC(N)C3C2)ccc1C. The fraction of sp³-hybridized carbons (Fsp3) is 0.632. The second-order valence-electron chi connectivity index (χ2n) is 7.44. The molecule has 26 heavy (non-hydrogen) atoms. The van der Waals surface area contributed by atoms with E-state index in [1.54, 1.807) is 25.1 Å². The first-order chi connectivity index (χ1) is 12.3. The summed E-state index contributed by atoms with van der Waals surface area (Å²) in [6.07, 6.45) is 2.11. The van der Waals surface area contributed by atoms with Gasteiger partial charge in [0, 0.05) is 37.8 Å². The minimum Gasteiger partial charge on any atom is -0.338 e. The lowest BCUT2D eigenvalue weighted by atomic mass is 9.98.